The van der Waals surface area contributed by atoms with Crippen LogP contribution in [0.1, 0.15) is 18.1 Å². The summed E-state index contributed by atoms with van der Waals surface area (Å²) in [6.07, 6.45) is 0.892. The van der Waals surface area contributed by atoms with Gasteiger partial charge in [0.2, 0.25) is 11.8 Å². The van der Waals surface area contributed by atoms with E-state index in [2.05, 4.69) is 5.32 Å². The van der Waals surface area contributed by atoms with Crippen molar-refractivity contribution in [2.45, 2.75) is 19.8 Å². The van der Waals surface area contributed by atoms with E-state index in [1.807, 2.05) is 0 Å². The maximum atomic E-state index is 12.6. The number of nitro benzene ring substituents is 1. The third-order valence-electron chi connectivity index (χ3n) is 4.11. The number of fused-ring (bicyclic) bond motifs is 1. The fraction of sp³-hybridized carbons (Fsp3) is 0.222. The van der Waals surface area contributed by atoms with Crippen molar-refractivity contribution in [2.75, 3.05) is 16.8 Å². The van der Waals surface area contributed by atoms with Crippen LogP contribution in [0, 0.1) is 10.1 Å². The van der Waals surface area contributed by atoms with Crippen LogP contribution in [0.25, 0.3) is 0 Å². The maximum absolute atomic E-state index is 12.6. The molecular formula is C18H17N3O4. The zero-order chi connectivity index (χ0) is 18.0. The van der Waals surface area contributed by atoms with Crippen molar-refractivity contribution >= 4 is 28.9 Å². The first-order valence-electron chi connectivity index (χ1n) is 7.88. The summed E-state index contributed by atoms with van der Waals surface area (Å²) in [4.78, 5) is 35.7. The molecule has 7 nitrogen and oxygen atoms in total. The zero-order valence-electron chi connectivity index (χ0n) is 13.7. The largest absolute Gasteiger partial charge is 0.326 e. The van der Waals surface area contributed by atoms with Gasteiger partial charge in [-0.15, -0.1) is 0 Å². The number of anilines is 2. The number of hydrogen-bond donors (Lipinski definition) is 1. The van der Waals surface area contributed by atoms with Crippen LogP contribution in [0.2, 0.25) is 0 Å². The van der Waals surface area contributed by atoms with Gasteiger partial charge in [-0.2, -0.15) is 0 Å². The quantitative estimate of drug-likeness (QED) is 0.684. The van der Waals surface area contributed by atoms with Crippen molar-refractivity contribution in [1.82, 2.24) is 0 Å². The molecule has 128 valence electrons. The molecule has 0 radical (unpaired) electrons. The summed E-state index contributed by atoms with van der Waals surface area (Å²) in [5.41, 5.74) is 3.04. The monoisotopic (exact) mass is 339 g/mol. The number of nitrogens with one attached hydrogen (secondary N) is 1. The van der Waals surface area contributed by atoms with Gasteiger partial charge in [0.1, 0.15) is 0 Å². The van der Waals surface area contributed by atoms with E-state index in [9.17, 15) is 19.7 Å². The molecule has 0 atom stereocenters. The Hall–Kier alpha value is -3.22. The molecule has 1 aliphatic rings. The molecule has 0 bridgehead atoms. The Morgan fingerprint density at radius 3 is 2.56 bits per heavy atom. The van der Waals surface area contributed by atoms with E-state index in [1.165, 1.54) is 19.1 Å². The second kappa shape index (κ2) is 6.72. The van der Waals surface area contributed by atoms with Crippen molar-refractivity contribution in [3.8, 4) is 0 Å². The third-order valence-corrected chi connectivity index (χ3v) is 4.11. The normalized spacial score (nSPS) is 12.6. The summed E-state index contributed by atoms with van der Waals surface area (Å²) in [6.45, 7) is 1.96. The second-order valence-corrected chi connectivity index (χ2v) is 5.92. The number of nitrogens with zero attached hydrogens (tertiary/aromatic N) is 2. The summed E-state index contributed by atoms with van der Waals surface area (Å²) < 4.78 is 0. The lowest BCUT2D eigenvalue weighted by Crippen LogP contribution is -2.30. The molecule has 0 fully saturated rings. The Morgan fingerprint density at radius 1 is 1.20 bits per heavy atom. The van der Waals surface area contributed by atoms with Gasteiger partial charge in [0, 0.05) is 31.3 Å². The SMILES string of the molecule is CC(=O)Nc1ccc(CC(=O)N2CCc3ccc([N+](=O)[O-])cc32)cc1. The number of carbonyl (C=O) groups is 2. The van der Waals surface area contributed by atoms with Gasteiger partial charge in [-0.25, -0.2) is 0 Å². The highest BCUT2D eigenvalue weighted by Gasteiger charge is 2.26. The Balaban J connectivity index is 1.74. The van der Waals surface area contributed by atoms with E-state index in [0.717, 1.165) is 11.1 Å². The summed E-state index contributed by atoms with van der Waals surface area (Å²) in [5.74, 6) is -0.259. The van der Waals surface area contributed by atoms with Crippen LogP contribution >= 0.6 is 0 Å². The van der Waals surface area contributed by atoms with Crippen molar-refractivity contribution in [3.05, 3.63) is 63.7 Å². The predicted octanol–water partition coefficient (Wildman–Crippen LogP) is 2.69. The number of nitro groups is 1. The molecule has 25 heavy (non-hydrogen) atoms. The van der Waals surface area contributed by atoms with Crippen LogP contribution in [0.3, 0.4) is 0 Å². The van der Waals surface area contributed by atoms with Crippen molar-refractivity contribution < 1.29 is 14.5 Å². The lowest BCUT2D eigenvalue weighted by atomic mass is 10.1. The molecule has 0 saturated heterocycles. The van der Waals surface area contributed by atoms with Crippen molar-refractivity contribution in [3.63, 3.8) is 0 Å². The Morgan fingerprint density at radius 2 is 1.92 bits per heavy atom. The molecule has 1 heterocycles. The van der Waals surface area contributed by atoms with Gasteiger partial charge in [0.05, 0.1) is 17.0 Å². The highest BCUT2D eigenvalue weighted by molar-refractivity contribution is 5.97. The molecular weight excluding hydrogens is 322 g/mol. The number of rotatable bonds is 4. The fourth-order valence-electron chi connectivity index (χ4n) is 2.92. The maximum Gasteiger partial charge on any atom is 0.271 e. The summed E-state index contributed by atoms with van der Waals surface area (Å²) in [6, 6.07) is 11.7. The molecule has 0 aromatic heterocycles. The van der Waals surface area contributed by atoms with Crippen LogP contribution < -0.4 is 10.2 Å². The molecule has 1 aliphatic heterocycles. The Bertz CT molecular complexity index is 846. The topological polar surface area (TPSA) is 92.6 Å². The van der Waals surface area contributed by atoms with Gasteiger partial charge < -0.3 is 10.2 Å². The number of hydrogen-bond acceptors (Lipinski definition) is 4. The number of non-ortho nitro benzene ring substituents is 1. The summed E-state index contributed by atoms with van der Waals surface area (Å²) in [5, 5.41) is 13.6. The van der Waals surface area contributed by atoms with E-state index in [4.69, 9.17) is 0 Å². The van der Waals surface area contributed by atoms with E-state index in [0.29, 0.717) is 24.3 Å². The fourth-order valence-corrected chi connectivity index (χ4v) is 2.92. The average molecular weight is 339 g/mol. The minimum atomic E-state index is -0.456. The van der Waals surface area contributed by atoms with Crippen LogP contribution in [0.4, 0.5) is 17.1 Å². The summed E-state index contributed by atoms with van der Waals surface area (Å²) in [7, 11) is 0. The Kier molecular flexibility index (Phi) is 4.47. The van der Waals surface area contributed by atoms with Gasteiger partial charge in [0.15, 0.2) is 0 Å². The van der Waals surface area contributed by atoms with Crippen molar-refractivity contribution in [1.29, 1.82) is 0 Å². The van der Waals surface area contributed by atoms with Crippen LogP contribution in [-0.2, 0) is 22.4 Å². The van der Waals surface area contributed by atoms with Crippen LogP contribution in [0.15, 0.2) is 42.5 Å². The second-order valence-electron chi connectivity index (χ2n) is 5.92. The van der Waals surface area contributed by atoms with Crippen LogP contribution in [-0.4, -0.2) is 23.3 Å². The minimum absolute atomic E-state index is 0.0156. The molecule has 7 heteroatoms. The molecule has 2 amide bonds. The molecule has 1 N–H and O–H groups in total. The first kappa shape index (κ1) is 16.6. The number of carbonyl (C=O) groups excluding carboxylic acids is 2. The molecule has 3 rings (SSSR count). The molecule has 0 saturated carbocycles. The van der Waals surface area contributed by atoms with E-state index < -0.39 is 4.92 Å². The standard InChI is InChI=1S/C18H17N3O4/c1-12(22)19-15-5-2-13(3-6-15)10-18(23)20-9-8-14-4-7-16(21(24)25)11-17(14)20/h2-7,11H,8-10H2,1H3,(H,19,22). The zero-order valence-corrected chi connectivity index (χ0v) is 13.7. The van der Waals surface area contributed by atoms with Gasteiger partial charge >= 0.3 is 0 Å². The van der Waals surface area contributed by atoms with E-state index in [-0.39, 0.29) is 23.9 Å². The summed E-state index contributed by atoms with van der Waals surface area (Å²) >= 11 is 0. The molecule has 2 aromatic carbocycles. The lowest BCUT2D eigenvalue weighted by molar-refractivity contribution is -0.384. The first-order chi connectivity index (χ1) is 11.9. The number of amides is 2. The number of benzene rings is 2. The highest BCUT2D eigenvalue weighted by Crippen LogP contribution is 2.32. The minimum Gasteiger partial charge on any atom is -0.326 e. The molecule has 0 unspecified atom stereocenters. The first-order valence-corrected chi connectivity index (χ1v) is 7.88. The van der Waals surface area contributed by atoms with Gasteiger partial charge in [-0.05, 0) is 29.7 Å². The molecule has 2 aromatic rings. The van der Waals surface area contributed by atoms with Gasteiger partial charge in [-0.1, -0.05) is 18.2 Å². The smallest absolute Gasteiger partial charge is 0.271 e. The Labute approximate surface area is 144 Å². The highest BCUT2D eigenvalue weighted by atomic mass is 16.6. The van der Waals surface area contributed by atoms with Crippen molar-refractivity contribution in [2.24, 2.45) is 0 Å². The van der Waals surface area contributed by atoms with E-state index >= 15 is 0 Å². The molecule has 0 spiro atoms. The average Bonchev–Trinajstić information content (AvgIpc) is 2.99. The predicted molar refractivity (Wildman–Crippen MR) is 93.6 cm³/mol. The van der Waals surface area contributed by atoms with Gasteiger partial charge in [0.25, 0.3) is 5.69 Å². The third kappa shape index (κ3) is 3.65. The van der Waals surface area contributed by atoms with Crippen LogP contribution in [0.5, 0.6) is 0 Å². The van der Waals surface area contributed by atoms with E-state index in [1.54, 1.807) is 35.2 Å². The molecule has 0 aliphatic carbocycles. The lowest BCUT2D eigenvalue weighted by Gasteiger charge is -2.17. The van der Waals surface area contributed by atoms with Gasteiger partial charge in [-0.3, -0.25) is 19.7 Å².